The van der Waals surface area contributed by atoms with Crippen molar-refractivity contribution in [1.29, 1.82) is 0 Å². The summed E-state index contributed by atoms with van der Waals surface area (Å²) in [7, 11) is -2.55. The maximum Gasteiger partial charge on any atom is 0.338 e. The number of rotatable bonds is 6. The van der Waals surface area contributed by atoms with Gasteiger partial charge in [-0.3, -0.25) is 9.10 Å². The molecule has 10 heteroatoms. The van der Waals surface area contributed by atoms with Gasteiger partial charge in [0.05, 0.1) is 28.4 Å². The van der Waals surface area contributed by atoms with Crippen LogP contribution in [0.2, 0.25) is 5.02 Å². The van der Waals surface area contributed by atoms with E-state index in [1.54, 1.807) is 23.1 Å². The van der Waals surface area contributed by atoms with Crippen molar-refractivity contribution in [3.8, 4) is 0 Å². The van der Waals surface area contributed by atoms with Gasteiger partial charge in [0.1, 0.15) is 0 Å². The van der Waals surface area contributed by atoms with Gasteiger partial charge in [0.15, 0.2) is 6.61 Å². The van der Waals surface area contributed by atoms with Crippen LogP contribution in [0.4, 0.5) is 5.69 Å². The minimum atomic E-state index is -3.95. The zero-order valence-electron chi connectivity index (χ0n) is 18.0. The van der Waals surface area contributed by atoms with Gasteiger partial charge in [0.2, 0.25) is 0 Å². The molecule has 1 aliphatic heterocycles. The van der Waals surface area contributed by atoms with Crippen LogP contribution in [0.5, 0.6) is 0 Å². The second kappa shape index (κ2) is 9.89. The van der Waals surface area contributed by atoms with Crippen molar-refractivity contribution in [1.82, 2.24) is 4.90 Å². The second-order valence-electron chi connectivity index (χ2n) is 7.61. The van der Waals surface area contributed by atoms with E-state index in [0.717, 1.165) is 4.31 Å². The summed E-state index contributed by atoms with van der Waals surface area (Å²) in [4.78, 5) is 26.4. The Bertz CT molecular complexity index is 1100. The van der Waals surface area contributed by atoms with Crippen LogP contribution in [0.3, 0.4) is 0 Å². The van der Waals surface area contributed by atoms with Gasteiger partial charge in [-0.1, -0.05) is 23.7 Å². The van der Waals surface area contributed by atoms with E-state index in [-0.39, 0.29) is 28.6 Å². The van der Waals surface area contributed by atoms with Crippen molar-refractivity contribution in [3.05, 3.63) is 59.1 Å². The first-order valence-corrected chi connectivity index (χ1v) is 11.8. The van der Waals surface area contributed by atoms with Crippen molar-refractivity contribution in [3.63, 3.8) is 0 Å². The Labute approximate surface area is 192 Å². The topological polar surface area (TPSA) is 93.2 Å². The molecule has 1 aliphatic rings. The minimum absolute atomic E-state index is 0.0297. The molecule has 1 fully saturated rings. The van der Waals surface area contributed by atoms with Crippen LogP contribution in [-0.2, 0) is 24.3 Å². The highest BCUT2D eigenvalue weighted by molar-refractivity contribution is 7.92. The first kappa shape index (κ1) is 24.0. The van der Waals surface area contributed by atoms with Crippen molar-refractivity contribution < 1.29 is 27.5 Å². The lowest BCUT2D eigenvalue weighted by molar-refractivity contribution is -0.146. The number of sulfonamides is 1. The largest absolute Gasteiger partial charge is 0.452 e. The molecule has 0 radical (unpaired) electrons. The average molecular weight is 481 g/mol. The number of hydrogen-bond donors (Lipinski definition) is 0. The molecule has 0 spiro atoms. The van der Waals surface area contributed by atoms with Crippen LogP contribution in [0, 0.1) is 0 Å². The second-order valence-corrected chi connectivity index (χ2v) is 10.0. The maximum absolute atomic E-state index is 13.0. The lowest BCUT2D eigenvalue weighted by Gasteiger charge is -2.35. The first-order chi connectivity index (χ1) is 15.1. The number of halogens is 1. The highest BCUT2D eigenvalue weighted by Gasteiger charge is 2.27. The predicted molar refractivity (Wildman–Crippen MR) is 120 cm³/mol. The van der Waals surface area contributed by atoms with Crippen molar-refractivity contribution >= 4 is 39.2 Å². The van der Waals surface area contributed by atoms with Crippen molar-refractivity contribution in [2.45, 2.75) is 31.0 Å². The van der Waals surface area contributed by atoms with Gasteiger partial charge in [-0.2, -0.15) is 0 Å². The molecular formula is C22H25ClN2O6S. The van der Waals surface area contributed by atoms with E-state index in [0.29, 0.717) is 23.8 Å². The average Bonchev–Trinajstić information content (AvgIpc) is 2.76. The van der Waals surface area contributed by atoms with Crippen molar-refractivity contribution in [2.24, 2.45) is 0 Å². The Balaban J connectivity index is 1.69. The molecule has 0 aliphatic carbocycles. The summed E-state index contributed by atoms with van der Waals surface area (Å²) in [6.45, 7) is 4.15. The third-order valence-corrected chi connectivity index (χ3v) is 7.02. The Morgan fingerprint density at radius 3 is 2.44 bits per heavy atom. The molecule has 8 nitrogen and oxygen atoms in total. The van der Waals surface area contributed by atoms with Gasteiger partial charge in [-0.15, -0.1) is 0 Å². The van der Waals surface area contributed by atoms with Crippen LogP contribution >= 0.6 is 11.6 Å². The molecule has 1 amide bonds. The van der Waals surface area contributed by atoms with E-state index in [4.69, 9.17) is 21.1 Å². The standard InChI is InChI=1S/C22H25ClN2O6S/c1-15-12-25(13-16(2)31-15)21(26)14-30-22(27)17-6-4-9-20(10-17)32(28,29)24(3)19-8-5-7-18(23)11-19/h4-11,15-16H,12-14H2,1-3H3. The fourth-order valence-corrected chi connectivity index (χ4v) is 4.85. The van der Waals surface area contributed by atoms with E-state index in [1.807, 2.05) is 13.8 Å². The Kier molecular flexibility index (Phi) is 7.43. The SMILES string of the molecule is CC1CN(C(=O)COC(=O)c2cccc(S(=O)(=O)N(C)c3cccc(Cl)c3)c2)CC(C)O1. The van der Waals surface area contributed by atoms with Gasteiger partial charge >= 0.3 is 5.97 Å². The quantitative estimate of drug-likeness (QED) is 0.590. The van der Waals surface area contributed by atoms with E-state index in [9.17, 15) is 18.0 Å². The molecular weight excluding hydrogens is 456 g/mol. The number of amides is 1. The molecule has 0 N–H and O–H groups in total. The van der Waals surface area contributed by atoms with Gasteiger partial charge in [0, 0.05) is 25.2 Å². The zero-order valence-corrected chi connectivity index (χ0v) is 19.6. The molecule has 1 heterocycles. The molecule has 1 saturated heterocycles. The summed E-state index contributed by atoms with van der Waals surface area (Å²) < 4.78 is 37.8. The number of nitrogens with zero attached hydrogens (tertiary/aromatic N) is 2. The highest BCUT2D eigenvalue weighted by atomic mass is 35.5. The van der Waals surface area contributed by atoms with E-state index < -0.39 is 22.6 Å². The fraction of sp³-hybridized carbons (Fsp3) is 0.364. The molecule has 32 heavy (non-hydrogen) atoms. The monoisotopic (exact) mass is 480 g/mol. The summed E-state index contributed by atoms with van der Waals surface area (Å²) in [5.74, 6) is -1.11. The summed E-state index contributed by atoms with van der Waals surface area (Å²) in [5.41, 5.74) is 0.409. The first-order valence-electron chi connectivity index (χ1n) is 10.0. The molecule has 172 valence electrons. The summed E-state index contributed by atoms with van der Waals surface area (Å²) in [5, 5.41) is 0.399. The van der Waals surface area contributed by atoms with Crippen LogP contribution in [-0.4, -0.2) is 64.1 Å². The molecule has 3 rings (SSSR count). The minimum Gasteiger partial charge on any atom is -0.452 e. The number of benzene rings is 2. The molecule has 2 unspecified atom stereocenters. The summed E-state index contributed by atoms with van der Waals surface area (Å²) >= 11 is 5.96. The lowest BCUT2D eigenvalue weighted by atomic mass is 10.2. The lowest BCUT2D eigenvalue weighted by Crippen LogP contribution is -2.49. The van der Waals surface area contributed by atoms with Crippen molar-refractivity contribution in [2.75, 3.05) is 31.0 Å². The Morgan fingerprint density at radius 1 is 1.12 bits per heavy atom. The molecule has 0 saturated carbocycles. The normalized spacial score (nSPS) is 18.8. The van der Waals surface area contributed by atoms with Crippen LogP contribution < -0.4 is 4.31 Å². The number of morpholine rings is 1. The van der Waals surface area contributed by atoms with Crippen LogP contribution in [0.1, 0.15) is 24.2 Å². The number of carbonyl (C=O) groups excluding carboxylic acids is 2. The molecule has 0 bridgehead atoms. The third kappa shape index (κ3) is 5.59. The Hall–Kier alpha value is -2.62. The Morgan fingerprint density at radius 2 is 1.78 bits per heavy atom. The number of hydrogen-bond acceptors (Lipinski definition) is 6. The summed E-state index contributed by atoms with van der Waals surface area (Å²) in [6, 6.07) is 11.9. The molecule has 0 aromatic heterocycles. The number of ether oxygens (including phenoxy) is 2. The van der Waals surface area contributed by atoms with Crippen LogP contribution in [0.15, 0.2) is 53.4 Å². The van der Waals surface area contributed by atoms with Gasteiger partial charge in [-0.05, 0) is 50.2 Å². The molecule has 2 aromatic rings. The molecule has 2 atom stereocenters. The molecule has 2 aromatic carbocycles. The van der Waals surface area contributed by atoms with E-state index >= 15 is 0 Å². The number of esters is 1. The van der Waals surface area contributed by atoms with Gasteiger partial charge in [-0.25, -0.2) is 13.2 Å². The maximum atomic E-state index is 13.0. The number of anilines is 1. The highest BCUT2D eigenvalue weighted by Crippen LogP contribution is 2.25. The number of carbonyl (C=O) groups is 2. The van der Waals surface area contributed by atoms with E-state index in [1.165, 1.54) is 37.4 Å². The van der Waals surface area contributed by atoms with Gasteiger partial charge in [0.25, 0.3) is 15.9 Å². The summed E-state index contributed by atoms with van der Waals surface area (Å²) in [6.07, 6.45) is -0.200. The zero-order chi connectivity index (χ0) is 23.5. The fourth-order valence-electron chi connectivity index (χ4n) is 3.44. The third-order valence-electron chi connectivity index (χ3n) is 5.00. The van der Waals surface area contributed by atoms with E-state index in [2.05, 4.69) is 0 Å². The van der Waals surface area contributed by atoms with Gasteiger partial charge < -0.3 is 14.4 Å². The predicted octanol–water partition coefficient (Wildman–Crippen LogP) is 2.96. The smallest absolute Gasteiger partial charge is 0.338 e. The van der Waals surface area contributed by atoms with Crippen LogP contribution in [0.25, 0.3) is 0 Å².